The van der Waals surface area contributed by atoms with Crippen LogP contribution in [0.4, 0.5) is 13.2 Å². The number of likely N-dealkylation sites (N-methyl/N-ethyl adjacent to an activating group) is 1. The Kier molecular flexibility index (Phi) is 6.33. The van der Waals surface area contributed by atoms with E-state index in [-0.39, 0.29) is 31.6 Å². The summed E-state index contributed by atoms with van der Waals surface area (Å²) in [6, 6.07) is 0.868. The van der Waals surface area contributed by atoms with E-state index in [1.165, 1.54) is 13.2 Å². The first kappa shape index (κ1) is 20.7. The van der Waals surface area contributed by atoms with Crippen molar-refractivity contribution < 1.29 is 26.4 Å². The Morgan fingerprint density at radius 2 is 1.96 bits per heavy atom. The van der Waals surface area contributed by atoms with Gasteiger partial charge >= 0.3 is 6.18 Å². The molecule has 0 radical (unpaired) electrons. The largest absolute Gasteiger partial charge is 0.435 e. The number of alkyl halides is 3. The summed E-state index contributed by atoms with van der Waals surface area (Å²) in [6.07, 6.45) is 1.28. The number of sulfonamides is 1. The van der Waals surface area contributed by atoms with E-state index in [0.29, 0.717) is 0 Å². The smallest absolute Gasteiger partial charge is 0.337 e. The first-order chi connectivity index (χ1) is 12.0. The molecule has 1 fully saturated rings. The van der Waals surface area contributed by atoms with E-state index in [1.54, 1.807) is 4.90 Å². The molecule has 26 heavy (non-hydrogen) atoms. The Morgan fingerprint density at radius 1 is 1.35 bits per heavy atom. The second-order valence-corrected chi connectivity index (χ2v) is 8.60. The van der Waals surface area contributed by atoms with E-state index in [1.807, 2.05) is 0 Å². The number of rotatable bonds is 7. The SMILES string of the molecule is CN(CC(=O)N(CCn1ccc(C(F)(F)F)n1)C1CCCC1)S(C)(=O)=O. The zero-order chi connectivity index (χ0) is 19.5. The average molecular weight is 396 g/mol. The molecule has 0 aromatic carbocycles. The molecule has 0 spiro atoms. The molecular weight excluding hydrogens is 373 g/mol. The van der Waals surface area contributed by atoms with Gasteiger partial charge in [0, 0.05) is 25.8 Å². The van der Waals surface area contributed by atoms with Crippen molar-refractivity contribution in [2.45, 2.75) is 44.4 Å². The fraction of sp³-hybridized carbons (Fsp3) is 0.733. The summed E-state index contributed by atoms with van der Waals surface area (Å²) < 4.78 is 63.0. The van der Waals surface area contributed by atoms with Gasteiger partial charge in [-0.05, 0) is 18.9 Å². The molecule has 1 heterocycles. The van der Waals surface area contributed by atoms with Crippen LogP contribution in [0.5, 0.6) is 0 Å². The van der Waals surface area contributed by atoms with Crippen LogP contribution in [0.3, 0.4) is 0 Å². The summed E-state index contributed by atoms with van der Waals surface area (Å²) in [6.45, 7) is 0.00320. The van der Waals surface area contributed by atoms with Crippen LogP contribution in [-0.2, 0) is 27.5 Å². The van der Waals surface area contributed by atoms with E-state index < -0.39 is 21.9 Å². The lowest BCUT2D eigenvalue weighted by molar-refractivity contribution is -0.141. The highest BCUT2D eigenvalue weighted by Crippen LogP contribution is 2.27. The lowest BCUT2D eigenvalue weighted by Gasteiger charge is -2.30. The van der Waals surface area contributed by atoms with Crippen molar-refractivity contribution in [3.63, 3.8) is 0 Å². The summed E-state index contributed by atoms with van der Waals surface area (Å²) in [5, 5.41) is 3.49. The van der Waals surface area contributed by atoms with Gasteiger partial charge in [-0.15, -0.1) is 0 Å². The maximum absolute atomic E-state index is 12.6. The topological polar surface area (TPSA) is 75.5 Å². The zero-order valence-electron chi connectivity index (χ0n) is 14.7. The predicted octanol–water partition coefficient (Wildman–Crippen LogP) is 1.56. The van der Waals surface area contributed by atoms with Crippen LogP contribution in [-0.4, -0.2) is 65.7 Å². The molecule has 0 N–H and O–H groups in total. The molecule has 7 nitrogen and oxygen atoms in total. The minimum Gasteiger partial charge on any atom is -0.337 e. The van der Waals surface area contributed by atoms with Crippen molar-refractivity contribution >= 4 is 15.9 Å². The molecule has 2 rings (SSSR count). The number of nitrogens with zero attached hydrogens (tertiary/aromatic N) is 4. The zero-order valence-corrected chi connectivity index (χ0v) is 15.6. The van der Waals surface area contributed by atoms with Gasteiger partial charge in [0.25, 0.3) is 0 Å². The molecular formula is C15H23F3N4O3S. The minimum atomic E-state index is -4.51. The van der Waals surface area contributed by atoms with Crippen LogP contribution >= 0.6 is 0 Å². The Labute approximate surface area is 150 Å². The van der Waals surface area contributed by atoms with E-state index >= 15 is 0 Å². The number of amides is 1. The van der Waals surface area contributed by atoms with Gasteiger partial charge in [-0.3, -0.25) is 9.48 Å². The Balaban J connectivity index is 2.05. The minimum absolute atomic E-state index is 0.0203. The quantitative estimate of drug-likeness (QED) is 0.701. The highest BCUT2D eigenvalue weighted by atomic mass is 32.2. The van der Waals surface area contributed by atoms with Crippen molar-refractivity contribution in [2.75, 3.05) is 26.4 Å². The van der Waals surface area contributed by atoms with E-state index in [2.05, 4.69) is 5.10 Å². The third-order valence-corrected chi connectivity index (χ3v) is 5.77. The first-order valence-electron chi connectivity index (χ1n) is 8.30. The molecule has 1 aliphatic rings. The molecule has 1 aromatic rings. The first-order valence-corrected chi connectivity index (χ1v) is 10.1. The van der Waals surface area contributed by atoms with Crippen molar-refractivity contribution in [3.05, 3.63) is 18.0 Å². The van der Waals surface area contributed by atoms with Crippen LogP contribution in [0.1, 0.15) is 31.4 Å². The second kappa shape index (κ2) is 7.95. The van der Waals surface area contributed by atoms with Crippen LogP contribution in [0, 0.1) is 0 Å². The van der Waals surface area contributed by atoms with Gasteiger partial charge in [0.2, 0.25) is 15.9 Å². The van der Waals surface area contributed by atoms with Gasteiger partial charge in [0.15, 0.2) is 5.69 Å². The van der Waals surface area contributed by atoms with E-state index in [9.17, 15) is 26.4 Å². The maximum Gasteiger partial charge on any atom is 0.435 e. The summed E-state index contributed by atoms with van der Waals surface area (Å²) in [7, 11) is -2.17. The number of carbonyl (C=O) groups excluding carboxylic acids is 1. The number of halogens is 3. The Morgan fingerprint density at radius 3 is 2.46 bits per heavy atom. The Bertz CT molecular complexity index is 727. The average Bonchev–Trinajstić information content (AvgIpc) is 3.16. The van der Waals surface area contributed by atoms with Crippen molar-refractivity contribution in [1.82, 2.24) is 19.0 Å². The molecule has 148 valence electrons. The standard InChI is InChI=1S/C15H23F3N4O3S/c1-20(26(2,24)25)11-14(23)22(12-5-3-4-6-12)10-9-21-8-7-13(19-21)15(16,17)18/h7-8,12H,3-6,9-11H2,1-2H3. The summed E-state index contributed by atoms with van der Waals surface area (Å²) >= 11 is 0. The lowest BCUT2D eigenvalue weighted by Crippen LogP contribution is -2.46. The lowest BCUT2D eigenvalue weighted by atomic mass is 10.2. The van der Waals surface area contributed by atoms with Crippen LogP contribution in [0.15, 0.2) is 12.3 Å². The van der Waals surface area contributed by atoms with Crippen LogP contribution in [0.2, 0.25) is 0 Å². The van der Waals surface area contributed by atoms with Crippen molar-refractivity contribution in [3.8, 4) is 0 Å². The molecule has 1 aliphatic carbocycles. The molecule has 11 heteroatoms. The van der Waals surface area contributed by atoms with Gasteiger partial charge in [-0.2, -0.15) is 22.6 Å². The third-order valence-electron chi connectivity index (χ3n) is 4.51. The van der Waals surface area contributed by atoms with Crippen LogP contribution < -0.4 is 0 Å². The van der Waals surface area contributed by atoms with Crippen LogP contribution in [0.25, 0.3) is 0 Å². The molecule has 1 aromatic heterocycles. The van der Waals surface area contributed by atoms with Gasteiger partial charge in [0.1, 0.15) is 0 Å². The third kappa shape index (κ3) is 5.44. The molecule has 1 saturated carbocycles. The molecule has 1 amide bonds. The van der Waals surface area contributed by atoms with Gasteiger partial charge in [-0.25, -0.2) is 8.42 Å². The normalized spacial score (nSPS) is 16.4. The number of hydrogen-bond donors (Lipinski definition) is 0. The van der Waals surface area contributed by atoms with E-state index in [0.717, 1.165) is 47.0 Å². The second-order valence-electron chi connectivity index (χ2n) is 6.51. The molecule has 0 unspecified atom stereocenters. The summed E-state index contributed by atoms with van der Waals surface area (Å²) in [5.41, 5.74) is -0.979. The maximum atomic E-state index is 12.6. The van der Waals surface area contributed by atoms with Gasteiger partial charge in [0.05, 0.1) is 19.3 Å². The summed E-state index contributed by atoms with van der Waals surface area (Å²) in [5.74, 6) is -0.354. The number of carbonyl (C=O) groups is 1. The molecule has 0 atom stereocenters. The molecule has 0 aliphatic heterocycles. The van der Waals surface area contributed by atoms with Gasteiger partial charge < -0.3 is 4.90 Å². The van der Waals surface area contributed by atoms with Crippen molar-refractivity contribution in [2.24, 2.45) is 0 Å². The van der Waals surface area contributed by atoms with Crippen molar-refractivity contribution in [1.29, 1.82) is 0 Å². The summed E-state index contributed by atoms with van der Waals surface area (Å²) in [4.78, 5) is 14.2. The number of aromatic nitrogens is 2. The predicted molar refractivity (Wildman–Crippen MR) is 88.7 cm³/mol. The highest BCUT2D eigenvalue weighted by Gasteiger charge is 2.34. The molecule has 0 bridgehead atoms. The van der Waals surface area contributed by atoms with E-state index in [4.69, 9.17) is 0 Å². The molecule has 0 saturated heterocycles. The fourth-order valence-electron chi connectivity index (χ4n) is 2.97. The Hall–Kier alpha value is -1.62. The monoisotopic (exact) mass is 396 g/mol. The highest BCUT2D eigenvalue weighted by molar-refractivity contribution is 7.88. The van der Waals surface area contributed by atoms with Gasteiger partial charge in [-0.1, -0.05) is 12.8 Å². The number of hydrogen-bond acceptors (Lipinski definition) is 4. The fourth-order valence-corrected chi connectivity index (χ4v) is 3.32.